The van der Waals surface area contributed by atoms with E-state index < -0.39 is 68.6 Å². The van der Waals surface area contributed by atoms with Crippen LogP contribution < -0.4 is 25.5 Å². The smallest absolute Gasteiger partial charge is 0.261 e. The van der Waals surface area contributed by atoms with E-state index in [1.807, 2.05) is 109 Å². The second-order valence-electron chi connectivity index (χ2n) is 23.4. The fraction of sp³-hybridized carbons (Fsp3) is 0.355. The highest BCUT2D eigenvalue weighted by atomic mass is 127. The number of terminal acetylenes is 1. The Kier molecular flexibility index (Phi) is 22.5. The summed E-state index contributed by atoms with van der Waals surface area (Å²) < 4.78 is 119. The lowest BCUT2D eigenvalue weighted by Crippen LogP contribution is -2.66. The fourth-order valence-corrected chi connectivity index (χ4v) is 23.5. The minimum atomic E-state index is -3.86. The summed E-state index contributed by atoms with van der Waals surface area (Å²) in [7, 11) is -20.8. The Bertz CT molecular complexity index is 3790. The molecule has 0 aliphatic carbocycles. The first kappa shape index (κ1) is 68.8. The number of nitrogens with zero attached hydrogens (tertiary/aromatic N) is 1. The minimum absolute atomic E-state index is 0.00224. The van der Waals surface area contributed by atoms with Crippen LogP contribution in [0.5, 0.6) is 0 Å². The van der Waals surface area contributed by atoms with Crippen LogP contribution in [0.25, 0.3) is 10.9 Å². The molecule has 448 valence electrons. The highest BCUT2D eigenvalue weighted by Gasteiger charge is 2.51. The van der Waals surface area contributed by atoms with Crippen LogP contribution in [0.2, 0.25) is 10.1 Å². The van der Waals surface area contributed by atoms with Crippen molar-refractivity contribution in [3.05, 3.63) is 172 Å². The number of sulfone groups is 2. The number of halogens is 1. The Morgan fingerprint density at radius 3 is 1.22 bits per heavy atom. The maximum absolute atomic E-state index is 13.1. The van der Waals surface area contributed by atoms with Gasteiger partial charge in [0.2, 0.25) is 20.0 Å². The molecule has 0 aliphatic heterocycles. The van der Waals surface area contributed by atoms with Gasteiger partial charge in [-0.25, -0.2) is 37.6 Å². The van der Waals surface area contributed by atoms with Crippen molar-refractivity contribution in [2.75, 3.05) is 29.7 Å². The average molecular weight is 1360 g/mol. The first-order valence-corrected chi connectivity index (χ1v) is 39.1. The second-order valence-corrected chi connectivity index (χ2v) is 40.7. The van der Waals surface area contributed by atoms with E-state index in [9.17, 15) is 38.8 Å². The van der Waals surface area contributed by atoms with Gasteiger partial charge in [0.05, 0.1) is 58.5 Å². The van der Waals surface area contributed by atoms with Gasteiger partial charge in [0.1, 0.15) is 6.10 Å². The van der Waals surface area contributed by atoms with Gasteiger partial charge in [-0.15, -0.1) is 6.42 Å². The molecule has 0 aliphatic rings. The van der Waals surface area contributed by atoms with Gasteiger partial charge in [-0.1, -0.05) is 196 Å². The topological polar surface area (TPSA) is 212 Å². The molecule has 3 N–H and O–H groups in total. The standard InChI is InChI=1S/C31H39NO6S2Si.C25H30INO5S2Si.C6H10O/c1-22(2)30(33)28-19-23-18-24(29(39(6,34)35)20-27(23)32(28)40(7,36)37)21-38-41(31(3,4)5,25-14-10-8-11-15-25)26-16-12-9-13-17-26;1-25(2,3)35(20-12-8-6-9-13-20,21-14-10-7-11-15-21)32-18-19-16-22(26)23(27-34(5,30)31)17-24(19)33(4,28)29;1-4-6(7)5(2)3/h8-20,22,30,33H,21H2,1-7H3;6-17,27H,18H2,1-5H3;1,5-7H,2-3H3. The number of nitrogens with one attached hydrogen (secondary N) is 1. The van der Waals surface area contributed by atoms with Crippen LogP contribution in [0.4, 0.5) is 5.69 Å². The van der Waals surface area contributed by atoms with Gasteiger partial charge in [0.25, 0.3) is 16.6 Å². The number of anilines is 1. The molecule has 1 heterocycles. The Morgan fingerprint density at radius 1 is 0.566 bits per heavy atom. The first-order chi connectivity index (χ1) is 38.3. The molecule has 14 nitrogen and oxygen atoms in total. The monoisotopic (exact) mass is 1350 g/mol. The molecule has 0 amide bonds. The highest BCUT2D eigenvalue weighted by Crippen LogP contribution is 2.41. The summed E-state index contributed by atoms with van der Waals surface area (Å²) in [6.45, 7) is 20.3. The van der Waals surface area contributed by atoms with Crippen molar-refractivity contribution in [1.29, 1.82) is 0 Å². The van der Waals surface area contributed by atoms with Gasteiger partial charge >= 0.3 is 0 Å². The van der Waals surface area contributed by atoms with Crippen LogP contribution in [0, 0.1) is 27.7 Å². The zero-order valence-electron chi connectivity index (χ0n) is 49.7. The lowest BCUT2D eigenvalue weighted by Gasteiger charge is -2.43. The van der Waals surface area contributed by atoms with E-state index in [0.717, 1.165) is 49.7 Å². The largest absolute Gasteiger partial charge is 0.403 e. The molecule has 0 saturated heterocycles. The number of aliphatic hydroxyl groups is 2. The maximum atomic E-state index is 13.1. The zero-order valence-corrected chi connectivity index (χ0v) is 57.1. The number of sulfonamides is 1. The highest BCUT2D eigenvalue weighted by molar-refractivity contribution is 14.1. The summed E-state index contributed by atoms with van der Waals surface area (Å²) in [5, 5.41) is 23.8. The van der Waals surface area contributed by atoms with Crippen molar-refractivity contribution in [1.82, 2.24) is 3.97 Å². The molecule has 21 heteroatoms. The normalized spacial score (nSPS) is 13.6. The van der Waals surface area contributed by atoms with E-state index in [4.69, 9.17) is 20.4 Å². The molecule has 6 aromatic carbocycles. The number of rotatable bonds is 18. The lowest BCUT2D eigenvalue weighted by atomic mass is 10.0. The van der Waals surface area contributed by atoms with E-state index in [0.29, 0.717) is 20.1 Å². The third-order valence-electron chi connectivity index (χ3n) is 14.0. The van der Waals surface area contributed by atoms with Crippen molar-refractivity contribution >= 4 is 116 Å². The molecule has 0 saturated carbocycles. The molecule has 0 fully saturated rings. The Hall–Kier alpha value is -4.98. The molecule has 1 aromatic heterocycles. The fourth-order valence-electron chi connectivity index (χ4n) is 10.1. The number of benzene rings is 6. The first-order valence-electron chi connectivity index (χ1n) is 26.7. The summed E-state index contributed by atoms with van der Waals surface area (Å²) in [4.78, 5) is 0.0403. The van der Waals surface area contributed by atoms with Gasteiger partial charge < -0.3 is 19.1 Å². The number of aliphatic hydroxyl groups excluding tert-OH is 2. The molecule has 2 unspecified atom stereocenters. The third-order valence-corrected chi connectivity index (χ3v) is 28.9. The molecular formula is C62H79IN2O12S4Si2. The van der Waals surface area contributed by atoms with E-state index in [1.165, 1.54) is 12.1 Å². The quantitative estimate of drug-likeness (QED) is 0.0417. The van der Waals surface area contributed by atoms with Gasteiger partial charge in [-0.05, 0) is 107 Å². The predicted molar refractivity (Wildman–Crippen MR) is 350 cm³/mol. The van der Waals surface area contributed by atoms with Crippen LogP contribution >= 0.6 is 22.6 Å². The molecule has 7 rings (SSSR count). The molecule has 2 atom stereocenters. The van der Waals surface area contributed by atoms with E-state index in [-0.39, 0.29) is 61.8 Å². The molecular weight excluding hydrogens is 1280 g/mol. The van der Waals surface area contributed by atoms with Crippen LogP contribution in [0.15, 0.2) is 161 Å². The van der Waals surface area contributed by atoms with Crippen molar-refractivity contribution < 1.29 is 52.7 Å². The zero-order chi connectivity index (χ0) is 62.3. The van der Waals surface area contributed by atoms with Crippen LogP contribution in [0.1, 0.15) is 92.2 Å². The van der Waals surface area contributed by atoms with Gasteiger partial charge in [-0.2, -0.15) is 0 Å². The van der Waals surface area contributed by atoms with Gasteiger partial charge in [-0.3, -0.25) is 4.72 Å². The van der Waals surface area contributed by atoms with E-state index in [1.54, 1.807) is 32.0 Å². The van der Waals surface area contributed by atoms with E-state index >= 15 is 0 Å². The molecule has 0 bridgehead atoms. The molecule has 0 spiro atoms. The number of hydrogen-bond donors (Lipinski definition) is 3. The second kappa shape index (κ2) is 27.2. The van der Waals surface area contributed by atoms with Crippen LogP contribution in [-0.4, -0.2) is 95.6 Å². The summed E-state index contributed by atoms with van der Waals surface area (Å²) in [6, 6.07) is 48.1. The van der Waals surface area contributed by atoms with Crippen LogP contribution in [-0.2, 0) is 61.8 Å². The predicted octanol–water partition coefficient (Wildman–Crippen LogP) is 9.40. The summed E-state index contributed by atoms with van der Waals surface area (Å²) in [5.41, 5.74) is 1.55. The summed E-state index contributed by atoms with van der Waals surface area (Å²) in [5.74, 6) is 2.15. The SMILES string of the molecule is C#CC(O)C(C)C.CC(C)(C)[Si](OCc1cc(I)c(NS(C)(=O)=O)cc1S(C)(=O)=O)(c1ccccc1)c1ccccc1.CC(C)C(O)c1cc2cc(CO[Si](c3ccccc3)(c3ccccc3)C(C)(C)C)c(S(C)(=O)=O)cc2n1S(C)(=O)=O. The summed E-state index contributed by atoms with van der Waals surface area (Å²) >= 11 is 2.00. The summed E-state index contributed by atoms with van der Waals surface area (Å²) in [6.07, 6.45) is 7.55. The Labute approximate surface area is 509 Å². The van der Waals surface area contributed by atoms with Gasteiger partial charge in [0.15, 0.2) is 19.7 Å². The molecule has 0 radical (unpaired) electrons. The van der Waals surface area contributed by atoms with Crippen molar-refractivity contribution in [2.45, 2.75) is 115 Å². The lowest BCUT2D eigenvalue weighted by molar-refractivity contribution is 0.122. The third kappa shape index (κ3) is 16.5. The Morgan fingerprint density at radius 2 is 0.928 bits per heavy atom. The van der Waals surface area contributed by atoms with Crippen molar-refractivity contribution in [2.24, 2.45) is 11.8 Å². The molecule has 83 heavy (non-hydrogen) atoms. The van der Waals surface area contributed by atoms with Crippen molar-refractivity contribution in [3.63, 3.8) is 0 Å². The maximum Gasteiger partial charge on any atom is 0.261 e. The minimum Gasteiger partial charge on any atom is -0.403 e. The van der Waals surface area contributed by atoms with Gasteiger partial charge in [0, 0.05) is 21.5 Å². The Balaban J connectivity index is 0.000000275. The number of fused-ring (bicyclic) bond motifs is 1. The number of hydrogen-bond acceptors (Lipinski definition) is 12. The van der Waals surface area contributed by atoms with Crippen LogP contribution in [0.3, 0.4) is 0 Å². The average Bonchev–Trinajstić information content (AvgIpc) is 2.29. The molecule has 7 aromatic rings. The van der Waals surface area contributed by atoms with Crippen molar-refractivity contribution in [3.8, 4) is 12.3 Å². The number of aromatic nitrogens is 1. The van der Waals surface area contributed by atoms with E-state index in [2.05, 4.69) is 101 Å².